The van der Waals surface area contributed by atoms with Crippen LogP contribution >= 0.6 is 11.3 Å². The van der Waals surface area contributed by atoms with E-state index in [0.717, 1.165) is 51.3 Å². The van der Waals surface area contributed by atoms with Gasteiger partial charge in [0.1, 0.15) is 11.5 Å². The predicted octanol–water partition coefficient (Wildman–Crippen LogP) is 5.39. The number of carbonyl (C=O) groups excluding carboxylic acids is 2. The summed E-state index contributed by atoms with van der Waals surface area (Å²) >= 11 is 1.70. The summed E-state index contributed by atoms with van der Waals surface area (Å²) in [6, 6.07) is 5.89. The molecule has 3 heterocycles. The highest BCUT2D eigenvalue weighted by atomic mass is 32.1. The van der Waals surface area contributed by atoms with Gasteiger partial charge in [-0.3, -0.25) is 9.59 Å². The average molecular weight is 477 g/mol. The lowest BCUT2D eigenvalue weighted by Gasteiger charge is -2.43. The summed E-state index contributed by atoms with van der Waals surface area (Å²) in [5.41, 5.74) is 2.37. The number of nitrogens with one attached hydrogen (secondary N) is 1. The monoisotopic (exact) mass is 476 g/mol. The van der Waals surface area contributed by atoms with Crippen molar-refractivity contribution in [1.29, 1.82) is 0 Å². The third kappa shape index (κ3) is 3.90. The standard InChI is InChI=1S/C27H32N4O2S/c1-16-15-29-23(28-5)19-12-17(6-7-18(16)19)24(33)31-10-8-27(9-11-31)13-20(32)22-21(14-27)34-25(30-22)26(2,3)4/h6-7,12,15H,8-11,13-14H2,1-5H3,(H,28,29). The number of aromatic nitrogens is 2. The number of amides is 1. The summed E-state index contributed by atoms with van der Waals surface area (Å²) in [7, 11) is 1.85. The van der Waals surface area contributed by atoms with E-state index in [2.05, 4.69) is 31.1 Å². The van der Waals surface area contributed by atoms with Crippen LogP contribution in [0.3, 0.4) is 0 Å². The van der Waals surface area contributed by atoms with Gasteiger partial charge in [0.05, 0.1) is 5.01 Å². The molecule has 1 fully saturated rings. The number of nitrogens with zero attached hydrogens (tertiary/aromatic N) is 3. The molecule has 178 valence electrons. The van der Waals surface area contributed by atoms with Crippen molar-refractivity contribution in [3.63, 3.8) is 0 Å². The van der Waals surface area contributed by atoms with Crippen molar-refractivity contribution in [2.24, 2.45) is 5.41 Å². The number of ketones is 1. The fourth-order valence-corrected chi connectivity index (χ4v) is 6.59. The Hall–Kier alpha value is -2.80. The van der Waals surface area contributed by atoms with E-state index in [-0.39, 0.29) is 22.5 Å². The van der Waals surface area contributed by atoms with Crippen LogP contribution in [0.4, 0.5) is 5.82 Å². The number of likely N-dealkylation sites (tertiary alicyclic amines) is 1. The topological polar surface area (TPSA) is 75.2 Å². The van der Waals surface area contributed by atoms with E-state index in [9.17, 15) is 9.59 Å². The van der Waals surface area contributed by atoms with Gasteiger partial charge in [-0.1, -0.05) is 26.8 Å². The van der Waals surface area contributed by atoms with Crippen LogP contribution in [0.25, 0.3) is 10.8 Å². The van der Waals surface area contributed by atoms with Gasteiger partial charge in [0.15, 0.2) is 5.78 Å². The summed E-state index contributed by atoms with van der Waals surface area (Å²) < 4.78 is 0. The summed E-state index contributed by atoms with van der Waals surface area (Å²) in [4.78, 5) is 38.6. The van der Waals surface area contributed by atoms with Crippen molar-refractivity contribution in [3.8, 4) is 0 Å². The molecule has 1 aliphatic heterocycles. The first-order chi connectivity index (χ1) is 16.1. The molecular formula is C27H32N4O2S. The number of benzene rings is 1. The summed E-state index contributed by atoms with van der Waals surface area (Å²) in [6.07, 6.45) is 4.99. The van der Waals surface area contributed by atoms with Crippen molar-refractivity contribution >= 4 is 39.6 Å². The minimum atomic E-state index is -0.0493. The molecule has 1 aromatic carbocycles. The molecule has 0 radical (unpaired) electrons. The Kier molecular flexibility index (Phi) is 5.51. The molecule has 34 heavy (non-hydrogen) atoms. The fraction of sp³-hybridized carbons (Fsp3) is 0.481. The minimum Gasteiger partial charge on any atom is -0.373 e. The van der Waals surface area contributed by atoms with E-state index >= 15 is 0 Å². The van der Waals surface area contributed by atoms with Gasteiger partial charge in [-0.25, -0.2) is 9.97 Å². The number of hydrogen-bond donors (Lipinski definition) is 1. The van der Waals surface area contributed by atoms with Crippen LogP contribution in [0.2, 0.25) is 0 Å². The van der Waals surface area contributed by atoms with E-state index < -0.39 is 0 Å². The van der Waals surface area contributed by atoms with Crippen LogP contribution in [-0.4, -0.2) is 46.7 Å². The van der Waals surface area contributed by atoms with Crippen LogP contribution < -0.4 is 5.32 Å². The number of rotatable bonds is 2. The van der Waals surface area contributed by atoms with Gasteiger partial charge in [-0.05, 0) is 54.7 Å². The van der Waals surface area contributed by atoms with Crippen molar-refractivity contribution in [1.82, 2.24) is 14.9 Å². The van der Waals surface area contributed by atoms with Gasteiger partial charge in [0.2, 0.25) is 0 Å². The summed E-state index contributed by atoms with van der Waals surface area (Å²) in [5.74, 6) is 1.00. The summed E-state index contributed by atoms with van der Waals surface area (Å²) in [5, 5.41) is 6.24. The van der Waals surface area contributed by atoms with E-state index in [1.54, 1.807) is 11.3 Å². The molecule has 6 nitrogen and oxygen atoms in total. The third-order valence-corrected chi connectivity index (χ3v) is 8.84. The SMILES string of the molecule is CNc1ncc(C)c2ccc(C(=O)N3CCC4(CC3)CC(=O)c3nc(C(C)(C)C)sc3C4)cc12. The Bertz CT molecular complexity index is 1300. The second-order valence-electron chi connectivity index (χ2n) is 10.9. The van der Waals surface area contributed by atoms with E-state index in [1.807, 2.05) is 43.3 Å². The number of thiazole rings is 1. The first kappa shape index (κ1) is 23.0. The van der Waals surface area contributed by atoms with E-state index in [1.165, 1.54) is 0 Å². The van der Waals surface area contributed by atoms with Crippen molar-refractivity contribution in [2.45, 2.75) is 58.8 Å². The van der Waals surface area contributed by atoms with Gasteiger partial charge < -0.3 is 10.2 Å². The number of fused-ring (bicyclic) bond motifs is 2. The lowest BCUT2D eigenvalue weighted by molar-refractivity contribution is 0.0522. The highest BCUT2D eigenvalue weighted by Gasteiger charge is 2.43. The van der Waals surface area contributed by atoms with Crippen LogP contribution in [0.5, 0.6) is 0 Å². The van der Waals surface area contributed by atoms with Crippen molar-refractivity contribution < 1.29 is 9.59 Å². The van der Waals surface area contributed by atoms with Crippen molar-refractivity contribution in [3.05, 3.63) is 51.1 Å². The first-order valence-corrected chi connectivity index (χ1v) is 12.8. The Morgan fingerprint density at radius 2 is 1.88 bits per heavy atom. The Morgan fingerprint density at radius 1 is 1.15 bits per heavy atom. The second-order valence-corrected chi connectivity index (χ2v) is 12.0. The molecule has 1 spiro atoms. The Morgan fingerprint density at radius 3 is 2.56 bits per heavy atom. The fourth-order valence-electron chi connectivity index (χ4n) is 5.27. The number of Topliss-reactive ketones (excluding diaryl/α,β-unsaturated/α-hetero) is 1. The maximum Gasteiger partial charge on any atom is 0.253 e. The molecule has 1 aliphatic carbocycles. The number of pyridine rings is 1. The zero-order chi connectivity index (χ0) is 24.3. The van der Waals surface area contributed by atoms with Gasteiger partial charge >= 0.3 is 0 Å². The zero-order valence-corrected chi connectivity index (χ0v) is 21.4. The molecule has 1 amide bonds. The molecule has 5 rings (SSSR count). The van der Waals surface area contributed by atoms with Gasteiger partial charge in [0.25, 0.3) is 5.91 Å². The second kappa shape index (κ2) is 8.15. The highest BCUT2D eigenvalue weighted by molar-refractivity contribution is 7.12. The smallest absolute Gasteiger partial charge is 0.253 e. The van der Waals surface area contributed by atoms with Gasteiger partial charge in [-0.2, -0.15) is 0 Å². The first-order valence-electron chi connectivity index (χ1n) is 12.0. The normalized spacial score (nSPS) is 17.8. The number of piperidine rings is 1. The van der Waals surface area contributed by atoms with E-state index in [4.69, 9.17) is 4.98 Å². The average Bonchev–Trinajstić information content (AvgIpc) is 3.24. The maximum atomic E-state index is 13.4. The van der Waals surface area contributed by atoms with Crippen LogP contribution in [-0.2, 0) is 11.8 Å². The molecule has 0 bridgehead atoms. The van der Waals surface area contributed by atoms with Gasteiger partial charge in [-0.15, -0.1) is 11.3 Å². The predicted molar refractivity (Wildman–Crippen MR) is 137 cm³/mol. The van der Waals surface area contributed by atoms with Crippen molar-refractivity contribution in [2.75, 3.05) is 25.5 Å². The number of aryl methyl sites for hydroxylation is 1. The molecule has 0 saturated carbocycles. The largest absolute Gasteiger partial charge is 0.373 e. The molecule has 0 unspecified atom stereocenters. The lowest BCUT2D eigenvalue weighted by atomic mass is 9.68. The van der Waals surface area contributed by atoms with Crippen LogP contribution in [0.1, 0.15) is 76.3 Å². The zero-order valence-electron chi connectivity index (χ0n) is 20.6. The molecular weight excluding hydrogens is 444 g/mol. The Balaban J connectivity index is 1.34. The molecule has 1 N–H and O–H groups in total. The number of hydrogen-bond acceptors (Lipinski definition) is 6. The molecule has 0 atom stereocenters. The molecule has 2 aromatic heterocycles. The number of carbonyl (C=O) groups is 2. The molecule has 1 saturated heterocycles. The quantitative estimate of drug-likeness (QED) is 0.537. The number of anilines is 1. The molecule has 2 aliphatic rings. The third-order valence-electron chi connectivity index (χ3n) is 7.36. The highest BCUT2D eigenvalue weighted by Crippen LogP contribution is 2.46. The Labute approximate surface area is 204 Å². The minimum absolute atomic E-state index is 0.0493. The van der Waals surface area contributed by atoms with Crippen LogP contribution in [0.15, 0.2) is 24.4 Å². The molecule has 3 aromatic rings. The van der Waals surface area contributed by atoms with Gasteiger partial charge in [0, 0.05) is 54.0 Å². The lowest BCUT2D eigenvalue weighted by Crippen LogP contribution is -2.46. The maximum absolute atomic E-state index is 13.4. The van der Waals surface area contributed by atoms with E-state index in [0.29, 0.717) is 30.8 Å². The summed E-state index contributed by atoms with van der Waals surface area (Å²) in [6.45, 7) is 9.82. The van der Waals surface area contributed by atoms with Crippen LogP contribution in [0, 0.1) is 12.3 Å². The molecule has 7 heteroatoms.